The highest BCUT2D eigenvalue weighted by Crippen LogP contribution is 2.23. The Bertz CT molecular complexity index is 1010. The van der Waals surface area contributed by atoms with Crippen molar-refractivity contribution in [2.45, 2.75) is 11.8 Å². The van der Waals surface area contributed by atoms with E-state index in [1.165, 1.54) is 11.8 Å². The molecule has 0 spiro atoms. The first kappa shape index (κ1) is 20.0. The Morgan fingerprint density at radius 1 is 0.893 bits per heavy atom. The molecule has 0 unspecified atom stereocenters. The van der Waals surface area contributed by atoms with E-state index in [-0.39, 0.29) is 17.6 Å². The lowest BCUT2D eigenvalue weighted by atomic mass is 10.1. The van der Waals surface area contributed by atoms with Crippen LogP contribution in [0.3, 0.4) is 0 Å². The molecule has 6 heteroatoms. The number of thioether (sulfide) groups is 1. The van der Waals surface area contributed by atoms with Gasteiger partial charge in [0.1, 0.15) is 0 Å². The van der Waals surface area contributed by atoms with E-state index in [1.54, 1.807) is 30.3 Å². The van der Waals surface area contributed by atoms with Crippen molar-refractivity contribution in [3.05, 3.63) is 88.9 Å². The molecule has 0 aromatic heterocycles. The molecule has 0 atom stereocenters. The summed E-state index contributed by atoms with van der Waals surface area (Å²) in [4.78, 5) is 25.5. The average Bonchev–Trinajstić information content (AvgIpc) is 2.67. The molecule has 3 rings (SSSR count). The van der Waals surface area contributed by atoms with Crippen molar-refractivity contribution in [1.29, 1.82) is 0 Å². The van der Waals surface area contributed by atoms with Crippen LogP contribution in [0, 0.1) is 6.92 Å². The zero-order chi connectivity index (χ0) is 19.9. The summed E-state index contributed by atoms with van der Waals surface area (Å²) in [5, 5.41) is 6.29. The Hall–Kier alpha value is -2.76. The minimum atomic E-state index is -0.154. The number of anilines is 2. The highest BCUT2D eigenvalue weighted by molar-refractivity contribution is 8.00. The molecule has 0 bridgehead atoms. The third kappa shape index (κ3) is 5.62. The van der Waals surface area contributed by atoms with E-state index < -0.39 is 0 Å². The number of benzene rings is 3. The zero-order valence-corrected chi connectivity index (χ0v) is 16.8. The summed E-state index contributed by atoms with van der Waals surface area (Å²) in [5.41, 5.74) is 2.91. The molecule has 4 nitrogen and oxygen atoms in total. The van der Waals surface area contributed by atoms with Gasteiger partial charge < -0.3 is 10.6 Å². The maximum atomic E-state index is 12.5. The highest BCUT2D eigenvalue weighted by Gasteiger charge is 2.09. The van der Waals surface area contributed by atoms with Crippen LogP contribution in [-0.4, -0.2) is 17.6 Å². The molecular formula is C22H19ClN2O2S. The summed E-state index contributed by atoms with van der Waals surface area (Å²) < 4.78 is 0. The molecule has 3 aromatic rings. The largest absolute Gasteiger partial charge is 0.325 e. The van der Waals surface area contributed by atoms with Gasteiger partial charge in [0.25, 0.3) is 5.91 Å². The van der Waals surface area contributed by atoms with Gasteiger partial charge in [0.15, 0.2) is 0 Å². The minimum absolute atomic E-state index is 0.124. The first-order chi connectivity index (χ1) is 13.5. The third-order valence-electron chi connectivity index (χ3n) is 3.96. The molecule has 2 amide bonds. The normalized spacial score (nSPS) is 10.4. The van der Waals surface area contributed by atoms with E-state index in [0.29, 0.717) is 22.0 Å². The Kier molecular flexibility index (Phi) is 6.74. The Balaban J connectivity index is 1.58. The van der Waals surface area contributed by atoms with Gasteiger partial charge in [0.2, 0.25) is 5.91 Å². The molecule has 0 aliphatic heterocycles. The lowest BCUT2D eigenvalue weighted by molar-refractivity contribution is -0.113. The lowest BCUT2D eigenvalue weighted by Gasteiger charge is -2.09. The van der Waals surface area contributed by atoms with Gasteiger partial charge in [-0.1, -0.05) is 41.9 Å². The fourth-order valence-corrected chi connectivity index (χ4v) is 3.55. The van der Waals surface area contributed by atoms with Crippen LogP contribution in [0.5, 0.6) is 0 Å². The molecule has 0 aliphatic carbocycles. The summed E-state index contributed by atoms with van der Waals surface area (Å²) in [7, 11) is 0. The van der Waals surface area contributed by atoms with Crippen LogP contribution in [0.4, 0.5) is 11.4 Å². The number of carbonyl (C=O) groups is 2. The van der Waals surface area contributed by atoms with E-state index in [2.05, 4.69) is 10.6 Å². The first-order valence-corrected chi connectivity index (χ1v) is 10.0. The fraction of sp³-hybridized carbons (Fsp3) is 0.0909. The van der Waals surface area contributed by atoms with Crippen molar-refractivity contribution in [2.75, 3.05) is 16.4 Å². The molecule has 142 valence electrons. The summed E-state index contributed by atoms with van der Waals surface area (Å²) in [6, 6.07) is 21.9. The fourth-order valence-electron chi connectivity index (χ4n) is 2.60. The maximum absolute atomic E-state index is 12.5. The van der Waals surface area contributed by atoms with Crippen LogP contribution >= 0.6 is 23.4 Å². The lowest BCUT2D eigenvalue weighted by Crippen LogP contribution is -2.14. The van der Waals surface area contributed by atoms with Gasteiger partial charge in [0.05, 0.1) is 5.75 Å². The van der Waals surface area contributed by atoms with Crippen LogP contribution < -0.4 is 10.6 Å². The number of hydrogen-bond donors (Lipinski definition) is 2. The van der Waals surface area contributed by atoms with E-state index in [4.69, 9.17) is 11.6 Å². The zero-order valence-electron chi connectivity index (χ0n) is 15.2. The monoisotopic (exact) mass is 410 g/mol. The predicted molar refractivity (Wildman–Crippen MR) is 116 cm³/mol. The Labute approximate surface area is 173 Å². The van der Waals surface area contributed by atoms with Gasteiger partial charge in [-0.15, -0.1) is 11.8 Å². The van der Waals surface area contributed by atoms with Crippen LogP contribution in [0.15, 0.2) is 77.7 Å². The smallest absolute Gasteiger partial charge is 0.255 e. The topological polar surface area (TPSA) is 58.2 Å². The average molecular weight is 411 g/mol. The van der Waals surface area contributed by atoms with Gasteiger partial charge in [-0.05, 0) is 55.0 Å². The summed E-state index contributed by atoms with van der Waals surface area (Å²) in [5.74, 6) is -0.0256. The summed E-state index contributed by atoms with van der Waals surface area (Å²) >= 11 is 7.32. The van der Waals surface area contributed by atoms with Gasteiger partial charge in [-0.3, -0.25) is 9.59 Å². The molecule has 0 saturated heterocycles. The van der Waals surface area contributed by atoms with Crippen LogP contribution in [0.25, 0.3) is 0 Å². The van der Waals surface area contributed by atoms with Gasteiger partial charge in [0, 0.05) is 26.9 Å². The van der Waals surface area contributed by atoms with E-state index in [0.717, 1.165) is 10.5 Å². The number of hydrogen-bond acceptors (Lipinski definition) is 3. The Morgan fingerprint density at radius 3 is 2.36 bits per heavy atom. The molecule has 0 radical (unpaired) electrons. The molecule has 0 fully saturated rings. The molecule has 0 aliphatic rings. The minimum Gasteiger partial charge on any atom is -0.325 e. The second-order valence-corrected chi connectivity index (χ2v) is 7.63. The van der Waals surface area contributed by atoms with Gasteiger partial charge in [-0.25, -0.2) is 0 Å². The van der Waals surface area contributed by atoms with Crippen molar-refractivity contribution in [3.8, 4) is 0 Å². The number of carbonyl (C=O) groups excluding carboxylic acids is 2. The number of rotatable bonds is 6. The van der Waals surface area contributed by atoms with Crippen LogP contribution in [0.2, 0.25) is 5.02 Å². The molecule has 3 aromatic carbocycles. The van der Waals surface area contributed by atoms with Crippen molar-refractivity contribution in [1.82, 2.24) is 0 Å². The van der Waals surface area contributed by atoms with Crippen molar-refractivity contribution in [2.24, 2.45) is 0 Å². The maximum Gasteiger partial charge on any atom is 0.255 e. The van der Waals surface area contributed by atoms with Crippen molar-refractivity contribution >= 4 is 46.6 Å². The standard InChI is InChI=1S/C22H19ClN2O2S/c1-15-6-2-3-11-20(15)22(27)25-18-9-5-10-19(13-18)28-14-21(26)24-17-8-4-7-16(23)12-17/h2-13H,14H2,1H3,(H,24,26)(H,25,27). The van der Waals surface area contributed by atoms with Gasteiger partial charge in [-0.2, -0.15) is 0 Å². The molecule has 0 saturated carbocycles. The number of amides is 2. The first-order valence-electron chi connectivity index (χ1n) is 8.66. The van der Waals surface area contributed by atoms with Crippen molar-refractivity contribution in [3.63, 3.8) is 0 Å². The Morgan fingerprint density at radius 2 is 1.61 bits per heavy atom. The van der Waals surface area contributed by atoms with Crippen LogP contribution in [0.1, 0.15) is 15.9 Å². The summed E-state index contributed by atoms with van der Waals surface area (Å²) in [6.07, 6.45) is 0. The SMILES string of the molecule is Cc1ccccc1C(=O)Nc1cccc(SCC(=O)Nc2cccc(Cl)c2)c1. The molecule has 2 N–H and O–H groups in total. The number of aryl methyl sites for hydroxylation is 1. The highest BCUT2D eigenvalue weighted by atomic mass is 35.5. The number of halogens is 1. The van der Waals surface area contributed by atoms with E-state index in [1.807, 2.05) is 49.4 Å². The molecule has 28 heavy (non-hydrogen) atoms. The predicted octanol–water partition coefficient (Wildman–Crippen LogP) is 5.63. The quantitative estimate of drug-likeness (QED) is 0.517. The van der Waals surface area contributed by atoms with Gasteiger partial charge >= 0.3 is 0 Å². The second kappa shape index (κ2) is 9.44. The summed E-state index contributed by atoms with van der Waals surface area (Å²) in [6.45, 7) is 1.90. The second-order valence-electron chi connectivity index (χ2n) is 6.14. The molecule has 0 heterocycles. The van der Waals surface area contributed by atoms with Crippen LogP contribution in [-0.2, 0) is 4.79 Å². The third-order valence-corrected chi connectivity index (χ3v) is 5.19. The number of nitrogens with one attached hydrogen (secondary N) is 2. The van der Waals surface area contributed by atoms with E-state index >= 15 is 0 Å². The molecular weight excluding hydrogens is 392 g/mol. The van der Waals surface area contributed by atoms with E-state index in [9.17, 15) is 9.59 Å². The van der Waals surface area contributed by atoms with Crippen molar-refractivity contribution < 1.29 is 9.59 Å².